The number of benzene rings is 2. The van der Waals surface area contributed by atoms with Gasteiger partial charge in [0.25, 0.3) is 11.1 Å². The van der Waals surface area contributed by atoms with Gasteiger partial charge in [0.1, 0.15) is 0 Å². The molecule has 10 heteroatoms. The molecule has 1 aliphatic heterocycles. The van der Waals surface area contributed by atoms with Crippen LogP contribution in [-0.2, 0) is 4.79 Å². The summed E-state index contributed by atoms with van der Waals surface area (Å²) >= 11 is 7.09. The minimum Gasteiger partial charge on any atom is -0.493 e. The third-order valence-electron chi connectivity index (χ3n) is 5.26. The van der Waals surface area contributed by atoms with Crippen LogP contribution in [0.3, 0.4) is 0 Å². The van der Waals surface area contributed by atoms with Crippen molar-refractivity contribution in [3.8, 4) is 23.0 Å². The molecule has 1 aliphatic rings. The van der Waals surface area contributed by atoms with Gasteiger partial charge >= 0.3 is 0 Å². The molecule has 2 aromatic carbocycles. The lowest BCUT2D eigenvalue weighted by Crippen LogP contribution is -2.41. The minimum atomic E-state index is -0.498. The Morgan fingerprint density at radius 1 is 1.09 bits per heavy atom. The molecule has 33 heavy (non-hydrogen) atoms. The summed E-state index contributed by atoms with van der Waals surface area (Å²) < 4.78 is 16.4. The van der Waals surface area contributed by atoms with Gasteiger partial charge in [-0.1, -0.05) is 29.8 Å². The van der Waals surface area contributed by atoms with E-state index >= 15 is 0 Å². The van der Waals surface area contributed by atoms with Crippen molar-refractivity contribution in [2.75, 3.05) is 20.8 Å². The predicted molar refractivity (Wildman–Crippen MR) is 124 cm³/mol. The second kappa shape index (κ2) is 10.3. The molecule has 2 amide bonds. The van der Waals surface area contributed by atoms with Gasteiger partial charge in [-0.05, 0) is 55.3 Å². The fourth-order valence-electron chi connectivity index (χ4n) is 3.53. The smallest absolute Gasteiger partial charge is 0.277 e. The van der Waals surface area contributed by atoms with Crippen molar-refractivity contribution in [3.05, 3.63) is 53.1 Å². The Hall–Kier alpha value is -3.04. The Morgan fingerprint density at radius 2 is 1.85 bits per heavy atom. The summed E-state index contributed by atoms with van der Waals surface area (Å²) in [6.07, 6.45) is 2.16. The number of amides is 2. The molecule has 0 spiro atoms. The number of nitrogens with zero attached hydrogens (tertiary/aromatic N) is 3. The molecule has 0 unspecified atom stereocenters. The molecule has 1 atom stereocenters. The lowest BCUT2D eigenvalue weighted by molar-refractivity contribution is -0.127. The largest absolute Gasteiger partial charge is 0.493 e. The van der Waals surface area contributed by atoms with Gasteiger partial charge in [0, 0.05) is 22.7 Å². The van der Waals surface area contributed by atoms with Gasteiger partial charge < -0.3 is 13.9 Å². The number of likely N-dealkylation sites (tertiary alicyclic amines) is 1. The maximum absolute atomic E-state index is 13.2. The standard InChI is InChI=1S/C23H22ClN3O5S/c1-30-17-11-8-15(13-18(17)31-2)20-25-26-23(32-20)33-19-5-3-4-12-27(22(19)29)21(28)14-6-9-16(24)10-7-14/h6-11,13,19H,3-5,12H2,1-2H3/t19-/m0/s1. The summed E-state index contributed by atoms with van der Waals surface area (Å²) in [5.74, 6) is 0.834. The third kappa shape index (κ3) is 5.15. The number of aromatic nitrogens is 2. The van der Waals surface area contributed by atoms with E-state index in [1.807, 2.05) is 0 Å². The molecular weight excluding hydrogens is 466 g/mol. The normalized spacial score (nSPS) is 16.4. The maximum atomic E-state index is 13.2. The first-order valence-electron chi connectivity index (χ1n) is 10.3. The van der Waals surface area contributed by atoms with E-state index in [4.69, 9.17) is 25.5 Å². The fraction of sp³-hybridized carbons (Fsp3) is 0.304. The zero-order valence-electron chi connectivity index (χ0n) is 18.1. The Labute approximate surface area is 200 Å². The van der Waals surface area contributed by atoms with Crippen molar-refractivity contribution in [1.29, 1.82) is 0 Å². The van der Waals surface area contributed by atoms with Crippen molar-refractivity contribution in [3.63, 3.8) is 0 Å². The highest BCUT2D eigenvalue weighted by Gasteiger charge is 2.33. The van der Waals surface area contributed by atoms with Crippen LogP contribution in [0.5, 0.6) is 11.5 Å². The average molecular weight is 488 g/mol. The van der Waals surface area contributed by atoms with E-state index in [1.54, 1.807) is 56.7 Å². The lowest BCUT2D eigenvalue weighted by Gasteiger charge is -2.21. The zero-order chi connectivity index (χ0) is 23.4. The first-order valence-corrected chi connectivity index (χ1v) is 11.6. The molecule has 0 aliphatic carbocycles. The molecule has 1 aromatic heterocycles. The summed E-state index contributed by atoms with van der Waals surface area (Å²) in [7, 11) is 3.11. The Kier molecular flexibility index (Phi) is 7.20. The number of carbonyl (C=O) groups is 2. The van der Waals surface area contributed by atoms with Gasteiger partial charge in [0.05, 0.1) is 19.5 Å². The SMILES string of the molecule is COc1ccc(-c2nnc(S[C@H]3CCCCN(C(=O)c4ccc(Cl)cc4)C3=O)o2)cc1OC. The summed E-state index contributed by atoms with van der Waals surface area (Å²) in [6, 6.07) is 11.8. The number of ether oxygens (including phenoxy) is 2. The second-order valence-electron chi connectivity index (χ2n) is 7.35. The monoisotopic (exact) mass is 487 g/mol. The van der Waals surface area contributed by atoms with Gasteiger partial charge in [-0.2, -0.15) is 0 Å². The molecule has 4 rings (SSSR count). The Balaban J connectivity index is 1.50. The van der Waals surface area contributed by atoms with Crippen molar-refractivity contribution in [1.82, 2.24) is 15.1 Å². The van der Waals surface area contributed by atoms with E-state index < -0.39 is 5.25 Å². The first kappa shape index (κ1) is 23.1. The minimum absolute atomic E-state index is 0.261. The van der Waals surface area contributed by atoms with Crippen molar-refractivity contribution < 1.29 is 23.5 Å². The van der Waals surface area contributed by atoms with Gasteiger partial charge in [0.2, 0.25) is 11.8 Å². The number of imide groups is 1. The van der Waals surface area contributed by atoms with Crippen LogP contribution in [0.25, 0.3) is 11.5 Å². The number of hydrogen-bond donors (Lipinski definition) is 0. The molecule has 3 aromatic rings. The fourth-order valence-corrected chi connectivity index (χ4v) is 4.63. The van der Waals surface area contributed by atoms with E-state index in [9.17, 15) is 9.59 Å². The summed E-state index contributed by atoms with van der Waals surface area (Å²) in [5.41, 5.74) is 1.09. The molecule has 8 nitrogen and oxygen atoms in total. The highest BCUT2D eigenvalue weighted by Crippen LogP contribution is 2.35. The molecule has 1 fully saturated rings. The van der Waals surface area contributed by atoms with Crippen LogP contribution in [0.2, 0.25) is 5.02 Å². The molecule has 0 N–H and O–H groups in total. The van der Waals surface area contributed by atoms with Crippen molar-refractivity contribution in [2.24, 2.45) is 0 Å². The van der Waals surface area contributed by atoms with Gasteiger partial charge in [-0.25, -0.2) is 0 Å². The predicted octanol–water partition coefficient (Wildman–Crippen LogP) is 4.72. The van der Waals surface area contributed by atoms with E-state index in [0.717, 1.165) is 12.8 Å². The van der Waals surface area contributed by atoms with Crippen molar-refractivity contribution in [2.45, 2.75) is 29.7 Å². The van der Waals surface area contributed by atoms with Crippen LogP contribution < -0.4 is 9.47 Å². The lowest BCUT2D eigenvalue weighted by atomic mass is 10.2. The van der Waals surface area contributed by atoms with Crippen LogP contribution in [0.1, 0.15) is 29.6 Å². The molecule has 1 saturated heterocycles. The van der Waals surface area contributed by atoms with Crippen molar-refractivity contribution >= 4 is 35.2 Å². The molecular formula is C23H22ClN3O5S. The molecule has 0 saturated carbocycles. The number of halogens is 1. The van der Waals surface area contributed by atoms with E-state index in [1.165, 1.54) is 16.7 Å². The second-order valence-corrected chi connectivity index (χ2v) is 8.94. The number of hydrogen-bond acceptors (Lipinski definition) is 8. The van der Waals surface area contributed by atoms with Crippen LogP contribution in [0.4, 0.5) is 0 Å². The van der Waals surface area contributed by atoms with Crippen LogP contribution in [0.15, 0.2) is 52.1 Å². The van der Waals surface area contributed by atoms with Crippen LogP contribution in [-0.4, -0.2) is 52.9 Å². The van der Waals surface area contributed by atoms with E-state index in [0.29, 0.717) is 46.5 Å². The van der Waals surface area contributed by atoms with E-state index in [2.05, 4.69) is 10.2 Å². The zero-order valence-corrected chi connectivity index (χ0v) is 19.7. The summed E-state index contributed by atoms with van der Waals surface area (Å²) in [5, 5.41) is 8.49. The Bertz CT molecular complexity index is 1150. The maximum Gasteiger partial charge on any atom is 0.277 e. The summed E-state index contributed by atoms with van der Waals surface area (Å²) in [4.78, 5) is 27.5. The summed E-state index contributed by atoms with van der Waals surface area (Å²) in [6.45, 7) is 0.373. The van der Waals surface area contributed by atoms with E-state index in [-0.39, 0.29) is 17.0 Å². The van der Waals surface area contributed by atoms with Gasteiger partial charge in [-0.3, -0.25) is 14.5 Å². The quantitative estimate of drug-likeness (QED) is 0.461. The van der Waals surface area contributed by atoms with Gasteiger partial charge in [0.15, 0.2) is 11.5 Å². The van der Waals surface area contributed by atoms with Crippen LogP contribution >= 0.6 is 23.4 Å². The molecule has 2 heterocycles. The van der Waals surface area contributed by atoms with Gasteiger partial charge in [-0.15, -0.1) is 10.2 Å². The molecule has 0 bridgehead atoms. The highest BCUT2D eigenvalue weighted by atomic mass is 35.5. The molecule has 172 valence electrons. The first-order chi connectivity index (χ1) is 16.0. The number of methoxy groups -OCH3 is 2. The number of carbonyl (C=O) groups excluding carboxylic acids is 2. The number of rotatable bonds is 6. The molecule has 0 radical (unpaired) electrons. The average Bonchev–Trinajstić information content (AvgIpc) is 3.23. The number of thioether (sulfide) groups is 1. The van der Waals surface area contributed by atoms with Crippen LogP contribution in [0, 0.1) is 0 Å². The topological polar surface area (TPSA) is 94.8 Å². The Morgan fingerprint density at radius 3 is 2.58 bits per heavy atom. The third-order valence-corrected chi connectivity index (χ3v) is 6.60. The highest BCUT2D eigenvalue weighted by molar-refractivity contribution is 8.00.